The summed E-state index contributed by atoms with van der Waals surface area (Å²) in [5, 5.41) is 10.0. The summed E-state index contributed by atoms with van der Waals surface area (Å²) in [6.45, 7) is 0.599. The van der Waals surface area contributed by atoms with Crippen LogP contribution in [0.1, 0.15) is 15.9 Å². The van der Waals surface area contributed by atoms with Gasteiger partial charge in [0.25, 0.3) is 5.91 Å². The van der Waals surface area contributed by atoms with E-state index in [1.807, 2.05) is 12.1 Å². The van der Waals surface area contributed by atoms with Gasteiger partial charge < -0.3 is 5.73 Å². The number of hydrogen-bond donors (Lipinski definition) is 2. The number of nitrogens with zero attached hydrogens (tertiary/aromatic N) is 3. The first-order chi connectivity index (χ1) is 8.29. The summed E-state index contributed by atoms with van der Waals surface area (Å²) in [5.41, 5.74) is 7.13. The topological polar surface area (TPSA) is 93.8 Å². The Morgan fingerprint density at radius 3 is 2.71 bits per heavy atom. The first-order valence-corrected chi connectivity index (χ1v) is 5.82. The summed E-state index contributed by atoms with van der Waals surface area (Å²) >= 11 is 1.04. The SMILES string of the molecule is NCCc1ccc(C(=O)Nc2nnns2)cc1. The molecule has 2 aromatic rings. The summed E-state index contributed by atoms with van der Waals surface area (Å²) in [5.74, 6) is -0.220. The number of benzene rings is 1. The lowest BCUT2D eigenvalue weighted by molar-refractivity contribution is 0.102. The normalized spacial score (nSPS) is 10.2. The minimum Gasteiger partial charge on any atom is -0.330 e. The van der Waals surface area contributed by atoms with Crippen LogP contribution in [0.3, 0.4) is 0 Å². The standard InChI is InChI=1S/C10H11N5OS/c11-6-5-7-1-3-8(4-2-7)9(16)12-10-13-14-15-17-10/h1-4H,5-6,11H2,(H,12,13,15,16). The van der Waals surface area contributed by atoms with Gasteiger partial charge in [0, 0.05) is 17.1 Å². The molecular formula is C10H11N5OS. The summed E-state index contributed by atoms with van der Waals surface area (Å²) in [7, 11) is 0. The van der Waals surface area contributed by atoms with E-state index >= 15 is 0 Å². The van der Waals surface area contributed by atoms with Crippen LogP contribution in [0.25, 0.3) is 0 Å². The van der Waals surface area contributed by atoms with Gasteiger partial charge in [0.05, 0.1) is 0 Å². The van der Waals surface area contributed by atoms with Crippen LogP contribution in [0, 0.1) is 0 Å². The minimum atomic E-state index is -0.220. The van der Waals surface area contributed by atoms with Gasteiger partial charge in [0.15, 0.2) is 0 Å². The molecule has 0 unspecified atom stereocenters. The number of nitrogens with one attached hydrogen (secondary N) is 1. The Hall–Kier alpha value is -1.86. The Morgan fingerprint density at radius 1 is 1.35 bits per heavy atom. The number of aromatic nitrogens is 3. The van der Waals surface area contributed by atoms with Crippen molar-refractivity contribution in [1.29, 1.82) is 0 Å². The van der Waals surface area contributed by atoms with Crippen molar-refractivity contribution < 1.29 is 4.79 Å². The van der Waals surface area contributed by atoms with Gasteiger partial charge in [0.1, 0.15) is 0 Å². The Bertz CT molecular complexity index is 482. The highest BCUT2D eigenvalue weighted by molar-refractivity contribution is 7.09. The molecule has 1 aromatic carbocycles. The molecule has 0 fully saturated rings. The van der Waals surface area contributed by atoms with Crippen molar-refractivity contribution in [2.45, 2.75) is 6.42 Å². The zero-order valence-corrected chi connectivity index (χ0v) is 9.78. The van der Waals surface area contributed by atoms with E-state index in [1.165, 1.54) is 0 Å². The van der Waals surface area contributed by atoms with Crippen molar-refractivity contribution in [3.8, 4) is 0 Å². The fraction of sp³-hybridized carbons (Fsp3) is 0.200. The number of nitrogens with two attached hydrogens (primary N) is 1. The Morgan fingerprint density at radius 2 is 2.12 bits per heavy atom. The molecule has 2 rings (SSSR count). The van der Waals surface area contributed by atoms with E-state index < -0.39 is 0 Å². The highest BCUT2D eigenvalue weighted by Gasteiger charge is 2.07. The van der Waals surface area contributed by atoms with Crippen molar-refractivity contribution in [3.63, 3.8) is 0 Å². The van der Waals surface area contributed by atoms with Crippen LogP contribution >= 0.6 is 11.5 Å². The Balaban J connectivity index is 2.04. The number of carbonyl (C=O) groups is 1. The number of anilines is 1. The average molecular weight is 249 g/mol. The van der Waals surface area contributed by atoms with Gasteiger partial charge in [0.2, 0.25) is 5.13 Å². The Kier molecular flexibility index (Phi) is 3.73. The van der Waals surface area contributed by atoms with Crippen LogP contribution in [0.5, 0.6) is 0 Å². The van der Waals surface area contributed by atoms with Crippen LogP contribution in [-0.4, -0.2) is 27.3 Å². The van der Waals surface area contributed by atoms with Gasteiger partial charge in [-0.3, -0.25) is 10.1 Å². The lowest BCUT2D eigenvalue weighted by Crippen LogP contribution is -2.12. The molecule has 1 heterocycles. The molecule has 7 heteroatoms. The monoisotopic (exact) mass is 249 g/mol. The lowest BCUT2D eigenvalue weighted by atomic mass is 10.1. The van der Waals surface area contributed by atoms with Gasteiger partial charge in [-0.15, -0.1) is 0 Å². The number of carbonyl (C=O) groups excluding carboxylic acids is 1. The van der Waals surface area contributed by atoms with E-state index in [0.29, 0.717) is 17.2 Å². The van der Waals surface area contributed by atoms with Gasteiger partial charge in [-0.05, 0) is 35.9 Å². The maximum atomic E-state index is 11.8. The fourth-order valence-corrected chi connectivity index (χ4v) is 1.70. The Labute approximate surface area is 102 Å². The van der Waals surface area contributed by atoms with Crippen LogP contribution in [0.4, 0.5) is 5.13 Å². The lowest BCUT2D eigenvalue weighted by Gasteiger charge is -2.02. The van der Waals surface area contributed by atoms with E-state index in [1.54, 1.807) is 12.1 Å². The molecule has 0 atom stereocenters. The zero-order chi connectivity index (χ0) is 12.1. The van der Waals surface area contributed by atoms with E-state index in [-0.39, 0.29) is 5.91 Å². The largest absolute Gasteiger partial charge is 0.330 e. The predicted octanol–water partition coefficient (Wildman–Crippen LogP) is 0.687. The second-order valence-corrected chi connectivity index (χ2v) is 4.09. The molecule has 0 aliphatic rings. The molecule has 0 radical (unpaired) electrons. The quantitative estimate of drug-likeness (QED) is 0.831. The third-order valence-corrected chi connectivity index (χ3v) is 2.68. The third-order valence-electron chi connectivity index (χ3n) is 2.17. The van der Waals surface area contributed by atoms with Gasteiger partial charge in [-0.1, -0.05) is 21.7 Å². The number of amides is 1. The molecule has 1 aromatic heterocycles. The van der Waals surface area contributed by atoms with Crippen molar-refractivity contribution >= 4 is 22.6 Å². The van der Waals surface area contributed by atoms with E-state index in [9.17, 15) is 4.79 Å². The highest BCUT2D eigenvalue weighted by atomic mass is 32.1. The number of hydrogen-bond acceptors (Lipinski definition) is 6. The molecule has 0 aliphatic heterocycles. The molecule has 0 bridgehead atoms. The molecule has 0 saturated carbocycles. The summed E-state index contributed by atoms with van der Waals surface area (Å²) in [6.07, 6.45) is 0.808. The van der Waals surface area contributed by atoms with E-state index in [0.717, 1.165) is 23.5 Å². The molecule has 3 N–H and O–H groups in total. The molecule has 1 amide bonds. The first kappa shape index (κ1) is 11.6. The van der Waals surface area contributed by atoms with Crippen molar-refractivity contribution in [2.75, 3.05) is 11.9 Å². The van der Waals surface area contributed by atoms with Crippen LogP contribution < -0.4 is 11.1 Å². The van der Waals surface area contributed by atoms with E-state index in [2.05, 4.69) is 20.1 Å². The van der Waals surface area contributed by atoms with Crippen molar-refractivity contribution in [1.82, 2.24) is 14.8 Å². The predicted molar refractivity (Wildman–Crippen MR) is 64.9 cm³/mol. The zero-order valence-electron chi connectivity index (χ0n) is 8.96. The molecule has 0 saturated heterocycles. The molecule has 88 valence electrons. The summed E-state index contributed by atoms with van der Waals surface area (Å²) < 4.78 is 3.56. The second-order valence-electron chi connectivity index (χ2n) is 3.36. The van der Waals surface area contributed by atoms with Gasteiger partial charge >= 0.3 is 0 Å². The molecule has 6 nitrogen and oxygen atoms in total. The molecule has 0 aliphatic carbocycles. The van der Waals surface area contributed by atoms with Crippen molar-refractivity contribution in [2.24, 2.45) is 5.73 Å². The minimum absolute atomic E-state index is 0.220. The van der Waals surface area contributed by atoms with Crippen LogP contribution in [0.2, 0.25) is 0 Å². The first-order valence-electron chi connectivity index (χ1n) is 5.05. The molecule has 0 spiro atoms. The maximum Gasteiger partial charge on any atom is 0.257 e. The highest BCUT2D eigenvalue weighted by Crippen LogP contribution is 2.09. The summed E-state index contributed by atoms with van der Waals surface area (Å²) in [4.78, 5) is 11.8. The van der Waals surface area contributed by atoms with E-state index in [4.69, 9.17) is 5.73 Å². The van der Waals surface area contributed by atoms with Crippen LogP contribution in [0.15, 0.2) is 24.3 Å². The maximum absolute atomic E-state index is 11.8. The molecule has 17 heavy (non-hydrogen) atoms. The summed E-state index contributed by atoms with van der Waals surface area (Å²) in [6, 6.07) is 7.30. The second kappa shape index (κ2) is 5.46. The van der Waals surface area contributed by atoms with Crippen molar-refractivity contribution in [3.05, 3.63) is 35.4 Å². The van der Waals surface area contributed by atoms with Crippen LogP contribution in [-0.2, 0) is 6.42 Å². The van der Waals surface area contributed by atoms with Gasteiger partial charge in [-0.2, -0.15) is 0 Å². The smallest absolute Gasteiger partial charge is 0.257 e. The van der Waals surface area contributed by atoms with Gasteiger partial charge in [-0.25, -0.2) is 0 Å². The molecular weight excluding hydrogens is 238 g/mol. The number of rotatable bonds is 4. The fourth-order valence-electron chi connectivity index (χ4n) is 1.34. The average Bonchev–Trinajstić information content (AvgIpc) is 2.83. The third kappa shape index (κ3) is 3.05.